The van der Waals surface area contributed by atoms with Crippen LogP contribution in [-0.2, 0) is 0 Å². The van der Waals surface area contributed by atoms with E-state index in [0.29, 0.717) is 21.3 Å². The van der Waals surface area contributed by atoms with Crippen molar-refractivity contribution in [2.24, 2.45) is 10.8 Å². The highest BCUT2D eigenvalue weighted by Gasteiger charge is 2.16. The van der Waals surface area contributed by atoms with Crippen molar-refractivity contribution in [3.63, 3.8) is 0 Å². The van der Waals surface area contributed by atoms with E-state index < -0.39 is 5.97 Å². The topological polar surface area (TPSA) is 85.9 Å². The molecule has 124 valence electrons. The lowest BCUT2D eigenvalue weighted by molar-refractivity contribution is 0.0728. The van der Waals surface area contributed by atoms with E-state index >= 15 is 0 Å². The molecule has 0 radical (unpaired) electrons. The minimum atomic E-state index is -0.480. The number of benzene rings is 2. The molecule has 0 aliphatic carbocycles. The fraction of sp³-hybridized carbons (Fsp3) is 0.0625. The number of esters is 1. The van der Waals surface area contributed by atoms with Crippen LogP contribution in [0, 0.1) is 0 Å². The maximum atomic E-state index is 12.2. The molecule has 0 saturated heterocycles. The molecule has 0 spiro atoms. The number of hydrogen-bond donors (Lipinski definition) is 2. The molecule has 0 unspecified atom stereocenters. The normalized spacial score (nSPS) is 10.4. The third-order valence-corrected chi connectivity index (χ3v) is 3.52. The second-order valence-corrected chi connectivity index (χ2v) is 5.82. The molecule has 0 amide bonds. The lowest BCUT2D eigenvalue weighted by Crippen LogP contribution is -2.24. The van der Waals surface area contributed by atoms with E-state index in [4.69, 9.17) is 15.2 Å². The van der Waals surface area contributed by atoms with Crippen LogP contribution in [0.5, 0.6) is 11.5 Å². The minimum absolute atomic E-state index is 0.0608. The van der Waals surface area contributed by atoms with Crippen LogP contribution in [0.3, 0.4) is 0 Å². The number of ether oxygens (including phenoxy) is 2. The quantitative estimate of drug-likeness (QED) is 0.260. The van der Waals surface area contributed by atoms with Crippen LogP contribution < -0.4 is 20.6 Å². The number of thiocarbonyl (C=S) groups is 1. The van der Waals surface area contributed by atoms with Gasteiger partial charge in [-0.3, -0.25) is 5.43 Å². The van der Waals surface area contributed by atoms with Gasteiger partial charge in [0.05, 0.1) is 23.4 Å². The number of methoxy groups -OCH3 is 1. The molecule has 0 heterocycles. The van der Waals surface area contributed by atoms with Crippen molar-refractivity contribution in [1.29, 1.82) is 0 Å². The van der Waals surface area contributed by atoms with Crippen molar-refractivity contribution in [2.45, 2.75) is 0 Å². The second kappa shape index (κ2) is 8.42. The Morgan fingerprint density at radius 3 is 2.67 bits per heavy atom. The molecule has 0 saturated carbocycles. The van der Waals surface area contributed by atoms with Crippen LogP contribution in [0.1, 0.15) is 15.9 Å². The maximum absolute atomic E-state index is 12.2. The summed E-state index contributed by atoms with van der Waals surface area (Å²) in [6.45, 7) is 0. The summed E-state index contributed by atoms with van der Waals surface area (Å²) in [7, 11) is 1.48. The summed E-state index contributed by atoms with van der Waals surface area (Å²) in [5, 5.41) is 3.93. The summed E-state index contributed by atoms with van der Waals surface area (Å²) in [6, 6.07) is 12.1. The highest BCUT2D eigenvalue weighted by Crippen LogP contribution is 2.36. The molecule has 0 fully saturated rings. The number of carbonyl (C=O) groups is 1. The Bertz CT molecular complexity index is 782. The Morgan fingerprint density at radius 2 is 2.04 bits per heavy atom. The van der Waals surface area contributed by atoms with Crippen molar-refractivity contribution in [3.05, 3.63) is 58.1 Å². The molecule has 0 aliphatic rings. The van der Waals surface area contributed by atoms with Crippen LogP contribution in [0.4, 0.5) is 0 Å². The summed E-state index contributed by atoms with van der Waals surface area (Å²) in [4.78, 5) is 12.2. The number of rotatable bonds is 5. The molecular weight excluding hydrogens is 394 g/mol. The Kier molecular flexibility index (Phi) is 6.28. The average molecular weight is 408 g/mol. The maximum Gasteiger partial charge on any atom is 0.343 e. The molecule has 24 heavy (non-hydrogen) atoms. The van der Waals surface area contributed by atoms with Crippen molar-refractivity contribution < 1.29 is 14.3 Å². The van der Waals surface area contributed by atoms with E-state index in [-0.39, 0.29) is 10.9 Å². The van der Waals surface area contributed by atoms with Gasteiger partial charge in [0, 0.05) is 0 Å². The molecule has 2 rings (SSSR count). The molecule has 3 N–H and O–H groups in total. The van der Waals surface area contributed by atoms with Gasteiger partial charge in [-0.15, -0.1) is 0 Å². The summed E-state index contributed by atoms with van der Waals surface area (Å²) in [5.41, 5.74) is 8.89. The molecule has 0 bridgehead atoms. The van der Waals surface area contributed by atoms with E-state index in [0.717, 1.165) is 0 Å². The number of nitrogens with one attached hydrogen (secondary N) is 1. The van der Waals surface area contributed by atoms with Gasteiger partial charge in [-0.1, -0.05) is 18.2 Å². The molecule has 2 aromatic rings. The fourth-order valence-electron chi connectivity index (χ4n) is 1.81. The van der Waals surface area contributed by atoms with Gasteiger partial charge >= 0.3 is 5.97 Å². The van der Waals surface area contributed by atoms with E-state index in [9.17, 15) is 4.79 Å². The van der Waals surface area contributed by atoms with Gasteiger partial charge in [-0.2, -0.15) is 5.10 Å². The highest BCUT2D eigenvalue weighted by molar-refractivity contribution is 9.10. The van der Waals surface area contributed by atoms with Gasteiger partial charge in [-0.05, 0) is 58.0 Å². The number of nitrogens with zero attached hydrogens (tertiary/aromatic N) is 1. The lowest BCUT2D eigenvalue weighted by Gasteiger charge is -2.12. The number of nitrogens with two attached hydrogens (primary N) is 1. The Hall–Kier alpha value is -2.45. The number of hydrazone groups is 1. The average Bonchev–Trinajstić information content (AvgIpc) is 2.57. The van der Waals surface area contributed by atoms with Crippen molar-refractivity contribution in [3.8, 4) is 11.5 Å². The second-order valence-electron chi connectivity index (χ2n) is 4.52. The largest absolute Gasteiger partial charge is 0.493 e. The fourth-order valence-corrected chi connectivity index (χ4v) is 2.40. The highest BCUT2D eigenvalue weighted by atomic mass is 79.9. The molecule has 8 heteroatoms. The first-order valence-corrected chi connectivity index (χ1v) is 7.94. The van der Waals surface area contributed by atoms with Gasteiger partial charge < -0.3 is 15.2 Å². The lowest BCUT2D eigenvalue weighted by atomic mass is 10.2. The van der Waals surface area contributed by atoms with Crippen LogP contribution in [-0.4, -0.2) is 24.4 Å². The van der Waals surface area contributed by atoms with Crippen molar-refractivity contribution in [1.82, 2.24) is 5.43 Å². The molecule has 0 aromatic heterocycles. The number of halogens is 1. The van der Waals surface area contributed by atoms with Gasteiger partial charge in [0.2, 0.25) is 0 Å². The van der Waals surface area contributed by atoms with Crippen molar-refractivity contribution >= 4 is 45.4 Å². The third kappa shape index (κ3) is 4.77. The zero-order valence-electron chi connectivity index (χ0n) is 12.7. The standard InChI is InChI=1S/C16H14BrN3O3S/c1-22-13-8-10(9-19-20-16(18)24)7-12(17)14(13)23-15(21)11-5-3-2-4-6-11/h2-9H,1H3,(H3,18,20,24). The molecular formula is C16H14BrN3O3S. The Labute approximate surface area is 152 Å². The van der Waals surface area contributed by atoms with Crippen LogP contribution in [0.25, 0.3) is 0 Å². The van der Waals surface area contributed by atoms with E-state index in [1.807, 2.05) is 6.07 Å². The van der Waals surface area contributed by atoms with E-state index in [2.05, 4.69) is 38.7 Å². The first kappa shape index (κ1) is 17.9. The van der Waals surface area contributed by atoms with E-state index in [1.54, 1.807) is 36.4 Å². The molecule has 2 aromatic carbocycles. The number of hydrogen-bond acceptors (Lipinski definition) is 5. The van der Waals surface area contributed by atoms with Crippen LogP contribution in [0.2, 0.25) is 0 Å². The Balaban J connectivity index is 2.25. The smallest absolute Gasteiger partial charge is 0.343 e. The minimum Gasteiger partial charge on any atom is -0.493 e. The van der Waals surface area contributed by atoms with Crippen LogP contribution in [0.15, 0.2) is 52.0 Å². The predicted octanol–water partition coefficient (Wildman–Crippen LogP) is 2.84. The molecule has 0 aliphatic heterocycles. The van der Waals surface area contributed by atoms with E-state index in [1.165, 1.54) is 13.3 Å². The third-order valence-electron chi connectivity index (χ3n) is 2.84. The summed E-state index contributed by atoms with van der Waals surface area (Å²) in [5.74, 6) is 0.183. The summed E-state index contributed by atoms with van der Waals surface area (Å²) in [6.07, 6.45) is 1.51. The van der Waals surface area contributed by atoms with Gasteiger partial charge in [0.25, 0.3) is 0 Å². The van der Waals surface area contributed by atoms with Gasteiger partial charge in [-0.25, -0.2) is 4.79 Å². The van der Waals surface area contributed by atoms with Crippen molar-refractivity contribution in [2.75, 3.05) is 7.11 Å². The first-order valence-electron chi connectivity index (χ1n) is 6.74. The van der Waals surface area contributed by atoms with Gasteiger partial charge in [0.15, 0.2) is 16.6 Å². The monoisotopic (exact) mass is 407 g/mol. The number of carbonyl (C=O) groups excluding carboxylic acids is 1. The van der Waals surface area contributed by atoms with Crippen LogP contribution >= 0.6 is 28.1 Å². The summed E-state index contributed by atoms with van der Waals surface area (Å²) >= 11 is 8.03. The molecule has 0 atom stereocenters. The first-order chi connectivity index (χ1) is 11.5. The zero-order valence-corrected chi connectivity index (χ0v) is 15.1. The molecule has 6 nitrogen and oxygen atoms in total. The van der Waals surface area contributed by atoms with Gasteiger partial charge in [0.1, 0.15) is 0 Å². The zero-order chi connectivity index (χ0) is 17.5. The SMILES string of the molecule is COc1cc(C=NNC(N)=S)cc(Br)c1OC(=O)c1ccccc1. The summed E-state index contributed by atoms with van der Waals surface area (Å²) < 4.78 is 11.3. The Morgan fingerprint density at radius 1 is 1.33 bits per heavy atom. The predicted molar refractivity (Wildman–Crippen MR) is 99.6 cm³/mol.